The van der Waals surface area contributed by atoms with Gasteiger partial charge in [-0.2, -0.15) is 13.5 Å². The van der Waals surface area contributed by atoms with Gasteiger partial charge in [-0.25, -0.2) is 4.83 Å². The first-order chi connectivity index (χ1) is 11.1. The smallest absolute Gasteiger partial charge is 0.200 e. The predicted octanol–water partition coefficient (Wildman–Crippen LogP) is 3.81. The van der Waals surface area contributed by atoms with Crippen molar-refractivity contribution in [2.24, 2.45) is 5.10 Å². The van der Waals surface area contributed by atoms with Crippen LogP contribution in [0.5, 0.6) is 0 Å². The molecule has 0 unspecified atom stereocenters. The van der Waals surface area contributed by atoms with Gasteiger partial charge in [-0.1, -0.05) is 60.1 Å². The molecular formula is C17H13ClN2O2S. The largest absolute Gasteiger partial charge is 0.276 e. The molecule has 0 aromatic heterocycles. The molecule has 6 heteroatoms. The Morgan fingerprint density at radius 1 is 0.913 bits per heavy atom. The van der Waals surface area contributed by atoms with E-state index in [1.165, 1.54) is 6.21 Å². The minimum Gasteiger partial charge on any atom is -0.200 e. The highest BCUT2D eigenvalue weighted by molar-refractivity contribution is 7.89. The third-order valence-corrected chi connectivity index (χ3v) is 4.88. The zero-order chi connectivity index (χ0) is 16.3. The van der Waals surface area contributed by atoms with Gasteiger partial charge in [0.1, 0.15) is 0 Å². The number of nitrogens with zero attached hydrogens (tertiary/aromatic N) is 1. The lowest BCUT2D eigenvalue weighted by atomic mass is 10.1. The van der Waals surface area contributed by atoms with Gasteiger partial charge >= 0.3 is 0 Å². The van der Waals surface area contributed by atoms with E-state index in [0.29, 0.717) is 10.6 Å². The van der Waals surface area contributed by atoms with Crippen LogP contribution in [0, 0.1) is 0 Å². The highest BCUT2D eigenvalue weighted by Gasteiger charge is 2.13. The van der Waals surface area contributed by atoms with Gasteiger partial charge in [-0.15, -0.1) is 0 Å². The van der Waals surface area contributed by atoms with Crippen LogP contribution in [0.2, 0.25) is 5.02 Å². The van der Waals surface area contributed by atoms with Gasteiger partial charge in [0.25, 0.3) is 10.0 Å². The predicted molar refractivity (Wildman–Crippen MR) is 93.3 cm³/mol. The highest BCUT2D eigenvalue weighted by Crippen LogP contribution is 2.19. The van der Waals surface area contributed by atoms with E-state index in [4.69, 9.17) is 11.6 Å². The molecule has 0 atom stereocenters. The number of halogens is 1. The maximum Gasteiger partial charge on any atom is 0.276 e. The maximum atomic E-state index is 12.3. The summed E-state index contributed by atoms with van der Waals surface area (Å²) < 4.78 is 24.6. The van der Waals surface area contributed by atoms with Crippen LogP contribution in [0.25, 0.3) is 10.8 Å². The number of benzene rings is 3. The molecule has 0 spiro atoms. The summed E-state index contributed by atoms with van der Waals surface area (Å²) in [5, 5.41) is 6.11. The van der Waals surface area contributed by atoms with Crippen LogP contribution in [-0.4, -0.2) is 14.6 Å². The van der Waals surface area contributed by atoms with Crippen molar-refractivity contribution >= 4 is 38.6 Å². The Morgan fingerprint density at radius 3 is 2.39 bits per heavy atom. The average Bonchev–Trinajstić information content (AvgIpc) is 2.56. The van der Waals surface area contributed by atoms with E-state index in [0.717, 1.165) is 10.8 Å². The number of hydrazone groups is 1. The lowest BCUT2D eigenvalue weighted by Crippen LogP contribution is -2.18. The second kappa shape index (κ2) is 6.40. The molecule has 0 amide bonds. The van der Waals surface area contributed by atoms with Crippen LogP contribution in [0.1, 0.15) is 5.56 Å². The maximum absolute atomic E-state index is 12.3. The first kappa shape index (κ1) is 15.5. The molecule has 3 aromatic carbocycles. The molecule has 0 saturated heterocycles. The summed E-state index contributed by atoms with van der Waals surface area (Å²) in [5.41, 5.74) is 0.635. The highest BCUT2D eigenvalue weighted by atomic mass is 35.5. The standard InChI is InChI=1S/C17H13ClN2O2S/c18-17-8-4-3-7-15(17)12-19-20-23(21,22)16-10-9-13-5-1-2-6-14(13)11-16/h1-12,20H/b19-12-. The summed E-state index contributed by atoms with van der Waals surface area (Å²) in [6.45, 7) is 0. The van der Waals surface area contributed by atoms with E-state index < -0.39 is 10.0 Å². The van der Waals surface area contributed by atoms with Gasteiger partial charge in [0, 0.05) is 10.6 Å². The van der Waals surface area contributed by atoms with E-state index in [2.05, 4.69) is 9.93 Å². The Morgan fingerprint density at radius 2 is 1.61 bits per heavy atom. The quantitative estimate of drug-likeness (QED) is 0.578. The summed E-state index contributed by atoms with van der Waals surface area (Å²) in [7, 11) is -3.73. The van der Waals surface area contributed by atoms with Gasteiger partial charge in [0.05, 0.1) is 11.1 Å². The van der Waals surface area contributed by atoms with Crippen molar-refractivity contribution in [2.45, 2.75) is 4.90 Å². The fraction of sp³-hybridized carbons (Fsp3) is 0. The number of nitrogens with one attached hydrogen (secondary N) is 1. The first-order valence-electron chi connectivity index (χ1n) is 6.84. The summed E-state index contributed by atoms with van der Waals surface area (Å²) in [6.07, 6.45) is 1.38. The van der Waals surface area contributed by atoms with Crippen LogP contribution < -0.4 is 4.83 Å². The normalized spacial score (nSPS) is 11.9. The average molecular weight is 345 g/mol. The lowest BCUT2D eigenvalue weighted by Gasteiger charge is -2.05. The number of hydrogen-bond acceptors (Lipinski definition) is 3. The molecule has 0 aliphatic carbocycles. The third-order valence-electron chi connectivity index (χ3n) is 3.31. The fourth-order valence-corrected chi connectivity index (χ4v) is 3.14. The second-order valence-electron chi connectivity index (χ2n) is 4.88. The molecule has 3 aromatic rings. The van der Waals surface area contributed by atoms with Crippen molar-refractivity contribution in [2.75, 3.05) is 0 Å². The Labute approximate surface area is 139 Å². The van der Waals surface area contributed by atoms with Crippen molar-refractivity contribution in [1.82, 2.24) is 4.83 Å². The van der Waals surface area contributed by atoms with Gasteiger partial charge in [0.15, 0.2) is 0 Å². The Hall–Kier alpha value is -2.37. The molecular weight excluding hydrogens is 332 g/mol. The van der Waals surface area contributed by atoms with E-state index in [9.17, 15) is 8.42 Å². The number of sulfonamides is 1. The molecule has 1 N–H and O–H groups in total. The minimum atomic E-state index is -3.73. The molecule has 3 rings (SSSR count). The van der Waals surface area contributed by atoms with Gasteiger partial charge in [-0.05, 0) is 29.0 Å². The van der Waals surface area contributed by atoms with E-state index in [1.54, 1.807) is 42.5 Å². The van der Waals surface area contributed by atoms with E-state index >= 15 is 0 Å². The summed E-state index contributed by atoms with van der Waals surface area (Å²) >= 11 is 5.99. The number of rotatable bonds is 4. The molecule has 4 nitrogen and oxygen atoms in total. The van der Waals surface area contributed by atoms with Gasteiger partial charge in [0.2, 0.25) is 0 Å². The minimum absolute atomic E-state index is 0.160. The molecule has 0 saturated carbocycles. The summed E-state index contributed by atoms with van der Waals surface area (Å²) in [6, 6.07) is 19.5. The lowest BCUT2D eigenvalue weighted by molar-refractivity contribution is 0.585. The Bertz CT molecular complexity index is 985. The van der Waals surface area contributed by atoms with Crippen molar-refractivity contribution in [3.05, 3.63) is 77.3 Å². The monoisotopic (exact) mass is 344 g/mol. The van der Waals surface area contributed by atoms with E-state index in [-0.39, 0.29) is 4.90 Å². The molecule has 116 valence electrons. The number of hydrogen-bond donors (Lipinski definition) is 1. The Kier molecular flexibility index (Phi) is 4.32. The molecule has 0 radical (unpaired) electrons. The topological polar surface area (TPSA) is 58.5 Å². The van der Waals surface area contributed by atoms with Crippen molar-refractivity contribution in [3.8, 4) is 0 Å². The molecule has 0 bridgehead atoms. The molecule has 0 aliphatic heterocycles. The van der Waals surface area contributed by atoms with Crippen LogP contribution in [-0.2, 0) is 10.0 Å². The van der Waals surface area contributed by atoms with Crippen molar-refractivity contribution < 1.29 is 8.42 Å². The van der Waals surface area contributed by atoms with Crippen LogP contribution >= 0.6 is 11.6 Å². The van der Waals surface area contributed by atoms with Crippen LogP contribution in [0.15, 0.2) is 76.7 Å². The fourth-order valence-electron chi connectivity index (χ4n) is 2.13. The molecule has 0 fully saturated rings. The molecule has 23 heavy (non-hydrogen) atoms. The van der Waals surface area contributed by atoms with Crippen molar-refractivity contribution in [1.29, 1.82) is 0 Å². The van der Waals surface area contributed by atoms with Crippen LogP contribution in [0.3, 0.4) is 0 Å². The zero-order valence-electron chi connectivity index (χ0n) is 12.0. The number of fused-ring (bicyclic) bond motifs is 1. The Balaban J connectivity index is 1.84. The molecule has 0 aliphatic rings. The van der Waals surface area contributed by atoms with Gasteiger partial charge < -0.3 is 0 Å². The summed E-state index contributed by atoms with van der Waals surface area (Å²) in [4.78, 5) is 2.36. The third kappa shape index (κ3) is 3.52. The van der Waals surface area contributed by atoms with Crippen molar-refractivity contribution in [3.63, 3.8) is 0 Å². The first-order valence-corrected chi connectivity index (χ1v) is 8.70. The summed E-state index contributed by atoms with van der Waals surface area (Å²) in [5.74, 6) is 0. The van der Waals surface area contributed by atoms with Gasteiger partial charge in [-0.3, -0.25) is 0 Å². The SMILES string of the molecule is O=S(=O)(N/N=C\c1ccccc1Cl)c1ccc2ccccc2c1. The second-order valence-corrected chi connectivity index (χ2v) is 6.95. The molecule has 0 heterocycles. The zero-order valence-corrected chi connectivity index (χ0v) is 13.6. The van der Waals surface area contributed by atoms with E-state index in [1.807, 2.05) is 24.3 Å². The van der Waals surface area contributed by atoms with Crippen LogP contribution in [0.4, 0.5) is 0 Å².